The molecule has 2 heterocycles. The van der Waals surface area contributed by atoms with E-state index in [1.165, 1.54) is 16.9 Å². The maximum Gasteiger partial charge on any atom is 0.243 e. The van der Waals surface area contributed by atoms with Crippen LogP contribution in [0, 0.1) is 6.92 Å². The zero-order chi connectivity index (χ0) is 12.5. The lowest BCUT2D eigenvalue weighted by Gasteiger charge is -2.08. The number of aromatic nitrogens is 1. The van der Waals surface area contributed by atoms with E-state index in [0.717, 1.165) is 29.6 Å². The van der Waals surface area contributed by atoms with Crippen molar-refractivity contribution >= 4 is 32.6 Å². The number of hydrogen-bond donors (Lipinski definition) is 2. The van der Waals surface area contributed by atoms with Crippen LogP contribution in [-0.4, -0.2) is 23.5 Å². The molecule has 18 heavy (non-hydrogen) atoms. The molecule has 1 aliphatic heterocycles. The topological polar surface area (TPSA) is 54.0 Å². The van der Waals surface area contributed by atoms with Crippen LogP contribution in [0.3, 0.4) is 0 Å². The van der Waals surface area contributed by atoms with Gasteiger partial charge in [0.15, 0.2) is 5.13 Å². The molecule has 5 heteroatoms. The maximum atomic E-state index is 12.0. The lowest BCUT2D eigenvalue weighted by atomic mass is 10.2. The molecule has 1 aliphatic rings. The standard InChI is InChI=1S/C13H15N3OS/c1-8-4-5-9-11(7-8)18-13(15-9)16-12(17)10-3-2-6-14-10/h4-5,7,10,14H,2-3,6H2,1H3,(H,15,16,17)/t10-/m0/s1. The Balaban J connectivity index is 1.79. The van der Waals surface area contributed by atoms with E-state index in [1.807, 2.05) is 12.1 Å². The van der Waals surface area contributed by atoms with Crippen LogP contribution in [0.25, 0.3) is 10.2 Å². The molecule has 0 spiro atoms. The minimum absolute atomic E-state index is 0.0308. The van der Waals surface area contributed by atoms with Gasteiger partial charge in [0.25, 0.3) is 0 Å². The van der Waals surface area contributed by atoms with Gasteiger partial charge < -0.3 is 10.6 Å². The van der Waals surface area contributed by atoms with Crippen LogP contribution in [0.1, 0.15) is 18.4 Å². The fraction of sp³-hybridized carbons (Fsp3) is 0.385. The first-order valence-corrected chi connectivity index (χ1v) is 6.95. The van der Waals surface area contributed by atoms with Crippen LogP contribution in [-0.2, 0) is 4.79 Å². The average molecular weight is 261 g/mol. The van der Waals surface area contributed by atoms with Crippen molar-refractivity contribution < 1.29 is 4.79 Å². The van der Waals surface area contributed by atoms with Gasteiger partial charge in [0, 0.05) is 0 Å². The third-order valence-electron chi connectivity index (χ3n) is 3.15. The number of nitrogens with one attached hydrogen (secondary N) is 2. The van der Waals surface area contributed by atoms with Gasteiger partial charge in [0.2, 0.25) is 5.91 Å². The highest BCUT2D eigenvalue weighted by Crippen LogP contribution is 2.26. The molecule has 0 bridgehead atoms. The summed E-state index contributed by atoms with van der Waals surface area (Å²) in [6.45, 7) is 2.98. The summed E-state index contributed by atoms with van der Waals surface area (Å²) in [5, 5.41) is 6.77. The number of benzene rings is 1. The number of hydrogen-bond acceptors (Lipinski definition) is 4. The molecular weight excluding hydrogens is 246 g/mol. The number of amides is 1. The van der Waals surface area contributed by atoms with Crippen LogP contribution in [0.4, 0.5) is 5.13 Å². The lowest BCUT2D eigenvalue weighted by Crippen LogP contribution is -2.35. The third kappa shape index (κ3) is 2.23. The Bertz CT molecular complexity index is 587. The number of aryl methyl sites for hydroxylation is 1. The van der Waals surface area contributed by atoms with E-state index < -0.39 is 0 Å². The summed E-state index contributed by atoms with van der Waals surface area (Å²) in [4.78, 5) is 16.4. The Hall–Kier alpha value is -1.46. The van der Waals surface area contributed by atoms with Crippen molar-refractivity contribution in [1.29, 1.82) is 0 Å². The molecule has 0 radical (unpaired) electrons. The van der Waals surface area contributed by atoms with Crippen LogP contribution in [0.5, 0.6) is 0 Å². The highest BCUT2D eigenvalue weighted by atomic mass is 32.1. The van der Waals surface area contributed by atoms with Gasteiger partial charge in [-0.15, -0.1) is 0 Å². The Morgan fingerprint density at radius 2 is 2.44 bits per heavy atom. The molecule has 0 unspecified atom stereocenters. The highest BCUT2D eigenvalue weighted by molar-refractivity contribution is 7.22. The van der Waals surface area contributed by atoms with Crippen molar-refractivity contribution in [2.75, 3.05) is 11.9 Å². The molecule has 1 fully saturated rings. The average Bonchev–Trinajstić information content (AvgIpc) is 2.95. The van der Waals surface area contributed by atoms with Gasteiger partial charge in [-0.1, -0.05) is 17.4 Å². The van der Waals surface area contributed by atoms with Crippen LogP contribution < -0.4 is 10.6 Å². The number of carbonyl (C=O) groups is 1. The Morgan fingerprint density at radius 3 is 3.22 bits per heavy atom. The fourth-order valence-electron chi connectivity index (χ4n) is 2.19. The summed E-state index contributed by atoms with van der Waals surface area (Å²) in [6, 6.07) is 6.06. The summed E-state index contributed by atoms with van der Waals surface area (Å²) in [5.74, 6) is 0.0308. The van der Waals surface area contributed by atoms with Gasteiger partial charge in [-0.25, -0.2) is 4.98 Å². The molecule has 94 valence electrons. The second kappa shape index (κ2) is 4.66. The number of thiazole rings is 1. The Labute approximate surface area is 109 Å². The van der Waals surface area contributed by atoms with E-state index in [9.17, 15) is 4.79 Å². The predicted molar refractivity (Wildman–Crippen MR) is 74.0 cm³/mol. The molecule has 1 aromatic carbocycles. The van der Waals surface area contributed by atoms with Gasteiger partial charge in [-0.05, 0) is 44.0 Å². The van der Waals surface area contributed by atoms with Gasteiger partial charge in [0.1, 0.15) is 0 Å². The molecule has 0 aliphatic carbocycles. The van der Waals surface area contributed by atoms with Crippen molar-refractivity contribution in [2.24, 2.45) is 0 Å². The quantitative estimate of drug-likeness (QED) is 0.872. The summed E-state index contributed by atoms with van der Waals surface area (Å²) >= 11 is 1.53. The monoisotopic (exact) mass is 261 g/mol. The second-order valence-corrected chi connectivity index (χ2v) is 5.66. The van der Waals surface area contributed by atoms with E-state index in [4.69, 9.17) is 0 Å². The molecule has 1 saturated heterocycles. The SMILES string of the molecule is Cc1ccc2nc(NC(=O)[C@@H]3CCCN3)sc2c1. The third-order valence-corrected chi connectivity index (χ3v) is 4.08. The number of carbonyl (C=O) groups excluding carboxylic acids is 1. The van der Waals surface area contributed by atoms with E-state index in [0.29, 0.717) is 5.13 Å². The second-order valence-electron chi connectivity index (χ2n) is 4.63. The van der Waals surface area contributed by atoms with Crippen LogP contribution >= 0.6 is 11.3 Å². The minimum atomic E-state index is -0.0567. The van der Waals surface area contributed by atoms with Crippen LogP contribution in [0.2, 0.25) is 0 Å². The van der Waals surface area contributed by atoms with E-state index >= 15 is 0 Å². The van der Waals surface area contributed by atoms with Crippen molar-refractivity contribution in [1.82, 2.24) is 10.3 Å². The van der Waals surface area contributed by atoms with Crippen molar-refractivity contribution in [3.8, 4) is 0 Å². The fourth-order valence-corrected chi connectivity index (χ4v) is 3.15. The Morgan fingerprint density at radius 1 is 1.56 bits per heavy atom. The molecule has 2 N–H and O–H groups in total. The minimum Gasteiger partial charge on any atom is -0.306 e. The summed E-state index contributed by atoms with van der Waals surface area (Å²) in [7, 11) is 0. The summed E-state index contributed by atoms with van der Waals surface area (Å²) in [6.07, 6.45) is 1.98. The molecule has 1 atom stereocenters. The first-order valence-electron chi connectivity index (χ1n) is 6.14. The number of fused-ring (bicyclic) bond motifs is 1. The lowest BCUT2D eigenvalue weighted by molar-refractivity contribution is -0.117. The first kappa shape index (κ1) is 11.6. The van der Waals surface area contributed by atoms with Crippen molar-refractivity contribution in [3.63, 3.8) is 0 Å². The molecule has 0 saturated carbocycles. The predicted octanol–water partition coefficient (Wildman–Crippen LogP) is 2.30. The molecule has 1 aromatic heterocycles. The maximum absolute atomic E-state index is 12.0. The first-order chi connectivity index (χ1) is 8.72. The zero-order valence-electron chi connectivity index (χ0n) is 10.2. The van der Waals surface area contributed by atoms with Crippen molar-refractivity contribution in [3.05, 3.63) is 23.8 Å². The highest BCUT2D eigenvalue weighted by Gasteiger charge is 2.22. The van der Waals surface area contributed by atoms with E-state index in [-0.39, 0.29) is 11.9 Å². The summed E-state index contributed by atoms with van der Waals surface area (Å²) in [5.41, 5.74) is 2.15. The number of rotatable bonds is 2. The zero-order valence-corrected chi connectivity index (χ0v) is 11.0. The Kier molecular flexibility index (Phi) is 3.01. The number of nitrogens with zero attached hydrogens (tertiary/aromatic N) is 1. The molecule has 2 aromatic rings. The smallest absolute Gasteiger partial charge is 0.243 e. The van der Waals surface area contributed by atoms with Gasteiger partial charge in [0.05, 0.1) is 16.3 Å². The van der Waals surface area contributed by atoms with Gasteiger partial charge >= 0.3 is 0 Å². The molecular formula is C13H15N3OS. The normalized spacial score (nSPS) is 19.3. The van der Waals surface area contributed by atoms with Crippen molar-refractivity contribution in [2.45, 2.75) is 25.8 Å². The van der Waals surface area contributed by atoms with E-state index in [1.54, 1.807) is 0 Å². The van der Waals surface area contributed by atoms with Crippen LogP contribution in [0.15, 0.2) is 18.2 Å². The van der Waals surface area contributed by atoms with Gasteiger partial charge in [-0.3, -0.25) is 4.79 Å². The summed E-state index contributed by atoms with van der Waals surface area (Å²) < 4.78 is 1.12. The molecule has 1 amide bonds. The number of anilines is 1. The molecule has 4 nitrogen and oxygen atoms in total. The van der Waals surface area contributed by atoms with Gasteiger partial charge in [-0.2, -0.15) is 0 Å². The largest absolute Gasteiger partial charge is 0.306 e. The van der Waals surface area contributed by atoms with E-state index in [2.05, 4.69) is 28.6 Å². The molecule has 3 rings (SSSR count).